The highest BCUT2D eigenvalue weighted by Gasteiger charge is 2.16. The summed E-state index contributed by atoms with van der Waals surface area (Å²) < 4.78 is 33.2. The Morgan fingerprint density at radius 2 is 2.06 bits per heavy atom. The van der Waals surface area contributed by atoms with Crippen LogP contribution in [0.2, 0.25) is 0 Å². The minimum Gasteiger partial charge on any atom is -0.444 e. The van der Waals surface area contributed by atoms with Gasteiger partial charge in [0.2, 0.25) is 0 Å². The van der Waals surface area contributed by atoms with Gasteiger partial charge in [0.05, 0.1) is 0 Å². The van der Waals surface area contributed by atoms with Crippen LogP contribution >= 0.6 is 0 Å². The van der Waals surface area contributed by atoms with Crippen LogP contribution in [-0.4, -0.2) is 18.3 Å². The van der Waals surface area contributed by atoms with Crippen LogP contribution in [0.25, 0.3) is 0 Å². The van der Waals surface area contributed by atoms with Crippen molar-refractivity contribution < 1.29 is 23.0 Å². The minimum atomic E-state index is -2.92. The fourth-order valence-electron chi connectivity index (χ4n) is 1.11. The molecule has 0 aromatic heterocycles. The quantitative estimate of drug-likeness (QED) is 0.903. The largest absolute Gasteiger partial charge is 0.444 e. The number of hydrogen-bond donors (Lipinski definition) is 1. The lowest BCUT2D eigenvalue weighted by Crippen LogP contribution is -2.27. The van der Waals surface area contributed by atoms with Gasteiger partial charge in [0, 0.05) is 11.8 Å². The molecule has 0 spiro atoms. The van der Waals surface area contributed by atoms with Gasteiger partial charge in [0.1, 0.15) is 11.4 Å². The fraction of sp³-hybridized carbons (Fsp3) is 0.417. The Morgan fingerprint density at radius 3 is 2.61 bits per heavy atom. The van der Waals surface area contributed by atoms with Crippen molar-refractivity contribution in [3.05, 3.63) is 24.3 Å². The number of halogens is 2. The van der Waals surface area contributed by atoms with E-state index in [4.69, 9.17) is 4.74 Å². The Kier molecular flexibility index (Phi) is 4.47. The van der Waals surface area contributed by atoms with Crippen LogP contribution in [0.1, 0.15) is 20.8 Å². The van der Waals surface area contributed by atoms with E-state index in [1.807, 2.05) is 0 Å². The maximum atomic E-state index is 12.0. The molecule has 0 aliphatic carbocycles. The van der Waals surface area contributed by atoms with Gasteiger partial charge in [-0.05, 0) is 39.0 Å². The van der Waals surface area contributed by atoms with E-state index >= 15 is 0 Å². The van der Waals surface area contributed by atoms with Crippen LogP contribution in [0.4, 0.5) is 19.3 Å². The van der Waals surface area contributed by atoms with Crippen LogP contribution in [0, 0.1) is 6.07 Å². The van der Waals surface area contributed by atoms with Crippen molar-refractivity contribution in [2.75, 3.05) is 5.32 Å². The summed E-state index contributed by atoms with van der Waals surface area (Å²) in [7, 11) is 0. The summed E-state index contributed by atoms with van der Waals surface area (Å²) >= 11 is 0. The van der Waals surface area contributed by atoms with Crippen molar-refractivity contribution in [3.8, 4) is 5.75 Å². The van der Waals surface area contributed by atoms with Gasteiger partial charge in [-0.2, -0.15) is 8.78 Å². The standard InChI is InChI=1S/C12H14F2NO3/c1-12(2,3)18-11(16)15-8-5-4-6-9(7-8)17-10(13)14/h5-7,10H,1-3H3,(H,15,16). The molecule has 1 radical (unpaired) electrons. The van der Waals surface area contributed by atoms with Crippen molar-refractivity contribution >= 4 is 11.8 Å². The molecule has 0 aliphatic heterocycles. The Labute approximate surface area is 104 Å². The number of benzene rings is 1. The predicted molar refractivity (Wildman–Crippen MR) is 61.8 cm³/mol. The van der Waals surface area contributed by atoms with Crippen LogP contribution < -0.4 is 10.1 Å². The highest BCUT2D eigenvalue weighted by Crippen LogP contribution is 2.19. The molecule has 0 aliphatic rings. The maximum Gasteiger partial charge on any atom is 0.412 e. The van der Waals surface area contributed by atoms with Gasteiger partial charge >= 0.3 is 12.7 Å². The topological polar surface area (TPSA) is 47.6 Å². The summed E-state index contributed by atoms with van der Waals surface area (Å²) in [4.78, 5) is 11.4. The van der Waals surface area contributed by atoms with E-state index in [0.717, 1.165) is 0 Å². The molecule has 1 rings (SSSR count). The first-order valence-corrected chi connectivity index (χ1v) is 5.22. The van der Waals surface area contributed by atoms with E-state index < -0.39 is 18.3 Å². The third-order valence-corrected chi connectivity index (χ3v) is 1.63. The molecule has 0 heterocycles. The average Bonchev–Trinajstić information content (AvgIpc) is 2.13. The number of carbonyl (C=O) groups is 1. The Morgan fingerprint density at radius 1 is 1.39 bits per heavy atom. The molecule has 4 nitrogen and oxygen atoms in total. The molecule has 0 saturated carbocycles. The molecular weight excluding hydrogens is 244 g/mol. The molecule has 1 aromatic carbocycles. The van der Waals surface area contributed by atoms with Gasteiger partial charge in [-0.3, -0.25) is 5.32 Å². The molecule has 0 saturated heterocycles. The summed E-state index contributed by atoms with van der Waals surface area (Å²) in [5.74, 6) is -0.0847. The molecule has 6 heteroatoms. The van der Waals surface area contributed by atoms with Crippen molar-refractivity contribution in [1.82, 2.24) is 0 Å². The number of rotatable bonds is 3. The van der Waals surface area contributed by atoms with E-state index in [0.29, 0.717) is 0 Å². The molecule has 99 valence electrons. The average molecular weight is 258 g/mol. The van der Waals surface area contributed by atoms with E-state index in [1.165, 1.54) is 18.2 Å². The first-order valence-electron chi connectivity index (χ1n) is 5.22. The Hall–Kier alpha value is -1.85. The highest BCUT2D eigenvalue weighted by atomic mass is 19.3. The van der Waals surface area contributed by atoms with Crippen LogP contribution in [-0.2, 0) is 4.74 Å². The molecule has 1 N–H and O–H groups in total. The van der Waals surface area contributed by atoms with Crippen molar-refractivity contribution in [3.63, 3.8) is 0 Å². The predicted octanol–water partition coefficient (Wildman–Crippen LogP) is 3.44. The van der Waals surface area contributed by atoms with Crippen molar-refractivity contribution in [1.29, 1.82) is 0 Å². The lowest BCUT2D eigenvalue weighted by molar-refractivity contribution is -0.0498. The minimum absolute atomic E-state index is 0.0847. The van der Waals surface area contributed by atoms with Gasteiger partial charge in [-0.15, -0.1) is 0 Å². The number of hydrogen-bond acceptors (Lipinski definition) is 3. The van der Waals surface area contributed by atoms with Gasteiger partial charge in [0.25, 0.3) is 0 Å². The zero-order valence-electron chi connectivity index (χ0n) is 10.3. The molecule has 1 amide bonds. The summed E-state index contributed by atoms with van der Waals surface area (Å²) in [6, 6.07) is 6.49. The fourth-order valence-corrected chi connectivity index (χ4v) is 1.11. The second-order valence-corrected chi connectivity index (χ2v) is 4.46. The number of anilines is 1. The first kappa shape index (κ1) is 14.2. The second kappa shape index (κ2) is 5.66. The van der Waals surface area contributed by atoms with Crippen LogP contribution in [0.15, 0.2) is 18.2 Å². The highest BCUT2D eigenvalue weighted by molar-refractivity contribution is 5.85. The lowest BCUT2D eigenvalue weighted by Gasteiger charge is -2.19. The van der Waals surface area contributed by atoms with Gasteiger partial charge < -0.3 is 9.47 Å². The first-order chi connectivity index (χ1) is 8.26. The normalized spacial score (nSPS) is 11.2. The van der Waals surface area contributed by atoms with E-state index in [9.17, 15) is 13.6 Å². The maximum absolute atomic E-state index is 12.0. The second-order valence-electron chi connectivity index (χ2n) is 4.46. The molecule has 0 bridgehead atoms. The molecule has 0 fully saturated rings. The molecular formula is C12H14F2NO3. The number of amides is 1. The SMILES string of the molecule is CC(C)(C)OC(=O)Nc1c[c]cc(OC(F)F)c1. The third-order valence-electron chi connectivity index (χ3n) is 1.63. The molecule has 18 heavy (non-hydrogen) atoms. The summed E-state index contributed by atoms with van der Waals surface area (Å²) in [5, 5.41) is 2.39. The van der Waals surface area contributed by atoms with E-state index in [-0.39, 0.29) is 11.4 Å². The lowest BCUT2D eigenvalue weighted by atomic mass is 10.2. The summed E-state index contributed by atoms with van der Waals surface area (Å²) in [6.07, 6.45) is -0.676. The summed E-state index contributed by atoms with van der Waals surface area (Å²) in [6.45, 7) is 2.23. The van der Waals surface area contributed by atoms with Crippen LogP contribution in [0.5, 0.6) is 5.75 Å². The number of nitrogens with one attached hydrogen (secondary N) is 1. The molecule has 1 aromatic rings. The zero-order chi connectivity index (χ0) is 13.8. The van der Waals surface area contributed by atoms with Gasteiger partial charge in [-0.1, -0.05) is 0 Å². The summed E-state index contributed by atoms with van der Waals surface area (Å²) in [5.41, 5.74) is -0.368. The van der Waals surface area contributed by atoms with E-state index in [2.05, 4.69) is 16.1 Å². The monoisotopic (exact) mass is 258 g/mol. The Balaban J connectivity index is 2.65. The number of alkyl halides is 2. The number of carbonyl (C=O) groups excluding carboxylic acids is 1. The van der Waals surface area contributed by atoms with Gasteiger partial charge in [0.15, 0.2) is 0 Å². The molecule has 0 unspecified atom stereocenters. The van der Waals surface area contributed by atoms with Gasteiger partial charge in [-0.25, -0.2) is 4.79 Å². The third kappa shape index (κ3) is 5.47. The zero-order valence-corrected chi connectivity index (χ0v) is 10.3. The number of ether oxygens (including phenoxy) is 2. The molecule has 0 atom stereocenters. The smallest absolute Gasteiger partial charge is 0.412 e. The van der Waals surface area contributed by atoms with Crippen LogP contribution in [0.3, 0.4) is 0 Å². The van der Waals surface area contributed by atoms with Crippen molar-refractivity contribution in [2.24, 2.45) is 0 Å². The Bertz CT molecular complexity index is 416. The van der Waals surface area contributed by atoms with E-state index in [1.54, 1.807) is 20.8 Å². The van der Waals surface area contributed by atoms with Crippen molar-refractivity contribution in [2.45, 2.75) is 33.0 Å².